The van der Waals surface area contributed by atoms with Crippen molar-refractivity contribution in [1.29, 1.82) is 0 Å². The molecule has 1 unspecified atom stereocenters. The molecule has 1 rings (SSSR count). The van der Waals surface area contributed by atoms with Gasteiger partial charge in [-0.05, 0) is 14.0 Å². The SMILES string of the molecule is CC(CO)N(C)CCn1ccnc1. The van der Waals surface area contributed by atoms with Gasteiger partial charge < -0.3 is 9.67 Å². The lowest BCUT2D eigenvalue weighted by atomic mass is 10.3. The summed E-state index contributed by atoms with van der Waals surface area (Å²) in [6, 6.07) is 0.225. The second kappa shape index (κ2) is 4.99. The lowest BCUT2D eigenvalue weighted by molar-refractivity contribution is 0.155. The second-order valence-corrected chi connectivity index (χ2v) is 3.31. The molecule has 0 saturated carbocycles. The molecule has 0 aromatic carbocycles. The van der Waals surface area contributed by atoms with Crippen molar-refractivity contribution in [2.75, 3.05) is 20.2 Å². The molecule has 0 amide bonds. The minimum atomic E-state index is 0.209. The maximum absolute atomic E-state index is 8.90. The van der Waals surface area contributed by atoms with Crippen LogP contribution in [0.5, 0.6) is 0 Å². The first kappa shape index (κ1) is 10.2. The molecule has 0 aliphatic heterocycles. The van der Waals surface area contributed by atoms with Gasteiger partial charge in [0.15, 0.2) is 0 Å². The number of aliphatic hydroxyl groups excluding tert-OH is 1. The Balaban J connectivity index is 2.26. The molecule has 0 radical (unpaired) electrons. The van der Waals surface area contributed by atoms with Gasteiger partial charge >= 0.3 is 0 Å². The van der Waals surface area contributed by atoms with Gasteiger partial charge in [-0.1, -0.05) is 0 Å². The molecule has 13 heavy (non-hydrogen) atoms. The summed E-state index contributed by atoms with van der Waals surface area (Å²) >= 11 is 0. The van der Waals surface area contributed by atoms with Crippen molar-refractivity contribution in [2.45, 2.75) is 19.5 Å². The van der Waals surface area contributed by atoms with Crippen molar-refractivity contribution in [3.63, 3.8) is 0 Å². The van der Waals surface area contributed by atoms with Gasteiger partial charge in [0.1, 0.15) is 0 Å². The van der Waals surface area contributed by atoms with Crippen molar-refractivity contribution >= 4 is 0 Å². The summed E-state index contributed by atoms with van der Waals surface area (Å²) in [6.07, 6.45) is 5.52. The van der Waals surface area contributed by atoms with Gasteiger partial charge in [0.25, 0.3) is 0 Å². The number of hydrogen-bond acceptors (Lipinski definition) is 3. The van der Waals surface area contributed by atoms with E-state index < -0.39 is 0 Å². The fourth-order valence-corrected chi connectivity index (χ4v) is 1.05. The molecule has 1 aromatic heterocycles. The number of rotatable bonds is 5. The Hall–Kier alpha value is -0.870. The van der Waals surface area contributed by atoms with Gasteiger partial charge in [0.05, 0.1) is 12.9 Å². The molecule has 1 N–H and O–H groups in total. The molecule has 0 bridgehead atoms. The average Bonchev–Trinajstić information content (AvgIpc) is 2.65. The molecule has 4 heteroatoms. The highest BCUT2D eigenvalue weighted by Crippen LogP contribution is 1.95. The highest BCUT2D eigenvalue weighted by Gasteiger charge is 2.06. The van der Waals surface area contributed by atoms with Crippen LogP contribution in [0, 0.1) is 0 Å². The third-order valence-corrected chi connectivity index (χ3v) is 2.29. The van der Waals surface area contributed by atoms with Crippen LogP contribution >= 0.6 is 0 Å². The molecule has 0 spiro atoms. The second-order valence-electron chi connectivity index (χ2n) is 3.31. The lowest BCUT2D eigenvalue weighted by Crippen LogP contribution is -2.34. The molecule has 0 aliphatic carbocycles. The normalized spacial score (nSPS) is 13.5. The fraction of sp³-hybridized carbons (Fsp3) is 0.667. The van der Waals surface area contributed by atoms with E-state index in [1.807, 2.05) is 24.7 Å². The van der Waals surface area contributed by atoms with E-state index in [0.29, 0.717) is 0 Å². The molecule has 1 aromatic rings. The van der Waals surface area contributed by atoms with E-state index in [2.05, 4.69) is 9.88 Å². The zero-order valence-corrected chi connectivity index (χ0v) is 8.22. The van der Waals surface area contributed by atoms with Gasteiger partial charge in [-0.15, -0.1) is 0 Å². The molecule has 4 nitrogen and oxygen atoms in total. The third kappa shape index (κ3) is 3.16. The summed E-state index contributed by atoms with van der Waals surface area (Å²) < 4.78 is 2.03. The number of imidazole rings is 1. The van der Waals surface area contributed by atoms with Crippen molar-refractivity contribution < 1.29 is 5.11 Å². The Kier molecular flexibility index (Phi) is 3.92. The summed E-state index contributed by atoms with van der Waals surface area (Å²) in [7, 11) is 2.01. The molecular formula is C9H17N3O. The Morgan fingerprint density at radius 3 is 2.92 bits per heavy atom. The Labute approximate surface area is 78.8 Å². The zero-order chi connectivity index (χ0) is 9.68. The third-order valence-electron chi connectivity index (χ3n) is 2.29. The maximum atomic E-state index is 8.90. The molecule has 0 fully saturated rings. The monoisotopic (exact) mass is 183 g/mol. The zero-order valence-electron chi connectivity index (χ0n) is 8.22. The van der Waals surface area contributed by atoms with E-state index in [1.165, 1.54) is 0 Å². The summed E-state index contributed by atoms with van der Waals surface area (Å²) in [5.41, 5.74) is 0. The first-order valence-electron chi connectivity index (χ1n) is 4.51. The van der Waals surface area contributed by atoms with Crippen LogP contribution < -0.4 is 0 Å². The van der Waals surface area contributed by atoms with Gasteiger partial charge in [-0.3, -0.25) is 4.90 Å². The maximum Gasteiger partial charge on any atom is 0.0946 e. The highest BCUT2D eigenvalue weighted by atomic mass is 16.3. The molecule has 0 aliphatic rings. The average molecular weight is 183 g/mol. The highest BCUT2D eigenvalue weighted by molar-refractivity contribution is 4.74. The van der Waals surface area contributed by atoms with Crippen LogP contribution in [0.25, 0.3) is 0 Å². The molecule has 74 valence electrons. The molecule has 1 atom stereocenters. The predicted molar refractivity (Wildman–Crippen MR) is 51.4 cm³/mol. The fourth-order valence-electron chi connectivity index (χ4n) is 1.05. The van der Waals surface area contributed by atoms with E-state index in [1.54, 1.807) is 12.5 Å². The summed E-state index contributed by atoms with van der Waals surface area (Å²) in [5, 5.41) is 8.90. The van der Waals surface area contributed by atoms with E-state index in [9.17, 15) is 0 Å². The topological polar surface area (TPSA) is 41.3 Å². The molecular weight excluding hydrogens is 166 g/mol. The van der Waals surface area contributed by atoms with Crippen LogP contribution in [0.1, 0.15) is 6.92 Å². The summed E-state index contributed by atoms with van der Waals surface area (Å²) in [4.78, 5) is 6.09. The number of likely N-dealkylation sites (N-methyl/N-ethyl adjacent to an activating group) is 1. The van der Waals surface area contributed by atoms with E-state index in [4.69, 9.17) is 5.11 Å². The van der Waals surface area contributed by atoms with E-state index in [0.717, 1.165) is 13.1 Å². The summed E-state index contributed by atoms with van der Waals surface area (Å²) in [6.45, 7) is 4.06. The first-order chi connectivity index (χ1) is 6.24. The van der Waals surface area contributed by atoms with Crippen molar-refractivity contribution in [3.05, 3.63) is 18.7 Å². The van der Waals surface area contributed by atoms with Crippen LogP contribution in [-0.2, 0) is 6.54 Å². The number of aromatic nitrogens is 2. The molecule has 0 saturated heterocycles. The Morgan fingerprint density at radius 2 is 2.38 bits per heavy atom. The number of nitrogens with zero attached hydrogens (tertiary/aromatic N) is 3. The minimum Gasteiger partial charge on any atom is -0.395 e. The summed E-state index contributed by atoms with van der Waals surface area (Å²) in [5.74, 6) is 0. The number of aliphatic hydroxyl groups is 1. The van der Waals surface area contributed by atoms with E-state index in [-0.39, 0.29) is 12.6 Å². The van der Waals surface area contributed by atoms with Crippen LogP contribution in [-0.4, -0.2) is 45.8 Å². The van der Waals surface area contributed by atoms with E-state index >= 15 is 0 Å². The smallest absolute Gasteiger partial charge is 0.0946 e. The van der Waals surface area contributed by atoms with Crippen molar-refractivity contribution in [1.82, 2.24) is 14.5 Å². The predicted octanol–water partition coefficient (Wildman–Crippen LogP) is 0.196. The molecule has 1 heterocycles. The van der Waals surface area contributed by atoms with Crippen molar-refractivity contribution in [2.24, 2.45) is 0 Å². The Morgan fingerprint density at radius 1 is 1.62 bits per heavy atom. The number of hydrogen-bond donors (Lipinski definition) is 1. The van der Waals surface area contributed by atoms with Crippen LogP contribution in [0.2, 0.25) is 0 Å². The largest absolute Gasteiger partial charge is 0.395 e. The lowest BCUT2D eigenvalue weighted by Gasteiger charge is -2.22. The van der Waals surface area contributed by atoms with Gasteiger partial charge in [-0.2, -0.15) is 0 Å². The first-order valence-corrected chi connectivity index (χ1v) is 4.51. The van der Waals surface area contributed by atoms with Crippen LogP contribution in [0.15, 0.2) is 18.7 Å². The van der Waals surface area contributed by atoms with Gasteiger partial charge in [-0.25, -0.2) is 4.98 Å². The van der Waals surface area contributed by atoms with Crippen LogP contribution in [0.4, 0.5) is 0 Å². The Bertz CT molecular complexity index is 223. The van der Waals surface area contributed by atoms with Crippen molar-refractivity contribution in [3.8, 4) is 0 Å². The van der Waals surface area contributed by atoms with Gasteiger partial charge in [0.2, 0.25) is 0 Å². The minimum absolute atomic E-state index is 0.209. The quantitative estimate of drug-likeness (QED) is 0.709. The van der Waals surface area contributed by atoms with Crippen LogP contribution in [0.3, 0.4) is 0 Å². The van der Waals surface area contributed by atoms with Gasteiger partial charge in [0, 0.05) is 31.5 Å². The standard InChI is InChI=1S/C9H17N3O/c1-9(7-13)11(2)5-6-12-4-3-10-8-12/h3-4,8-9,13H,5-7H2,1-2H3.